The lowest BCUT2D eigenvalue weighted by molar-refractivity contribution is 0.572. The van der Waals surface area contributed by atoms with Crippen LogP contribution in [0, 0.1) is 6.92 Å². The van der Waals surface area contributed by atoms with Crippen LogP contribution in [0.25, 0.3) is 21.9 Å². The summed E-state index contributed by atoms with van der Waals surface area (Å²) in [6.45, 7) is 8.69. The third kappa shape index (κ3) is 2.50. The minimum absolute atomic E-state index is 0.0781. The summed E-state index contributed by atoms with van der Waals surface area (Å²) in [5, 5.41) is 2.76. The van der Waals surface area contributed by atoms with E-state index in [1.54, 1.807) is 0 Å². The number of nitrogens with zero attached hydrogens (tertiary/aromatic N) is 1. The van der Waals surface area contributed by atoms with E-state index in [0.717, 1.165) is 11.1 Å². The minimum atomic E-state index is -0.0781. The number of rotatable bonds is 1. The summed E-state index contributed by atoms with van der Waals surface area (Å²) in [5.74, 6) is 0. The van der Waals surface area contributed by atoms with Crippen molar-refractivity contribution in [2.24, 2.45) is 0 Å². The van der Waals surface area contributed by atoms with Gasteiger partial charge in [-0.05, 0) is 23.4 Å². The quantitative estimate of drug-likeness (QED) is 0.490. The molecule has 0 bridgehead atoms. The molecule has 0 atom stereocenters. The minimum Gasteiger partial charge on any atom is -0.239 e. The van der Waals surface area contributed by atoms with Gasteiger partial charge in [-0.2, -0.15) is 0 Å². The second-order valence-electron chi connectivity index (χ2n) is 6.74. The van der Waals surface area contributed by atoms with Gasteiger partial charge in [0.05, 0.1) is 5.69 Å². The Labute approximate surface area is 137 Å². The lowest BCUT2D eigenvalue weighted by atomic mass is 9.83. The second-order valence-corrected chi connectivity index (χ2v) is 7.09. The van der Waals surface area contributed by atoms with Crippen LogP contribution in [-0.4, -0.2) is 4.98 Å². The molecule has 0 saturated carbocycles. The van der Waals surface area contributed by atoms with E-state index in [1.165, 1.54) is 22.1 Å². The molecule has 2 aromatic carbocycles. The average Bonchev–Trinajstić information content (AvgIpc) is 2.47. The number of hydrogen-bond donors (Lipinski definition) is 0. The molecule has 0 aliphatic carbocycles. The molecule has 112 valence electrons. The largest absolute Gasteiger partial charge is 0.239 e. The molecule has 3 rings (SSSR count). The lowest BCUT2D eigenvalue weighted by Crippen LogP contribution is -2.16. The van der Waals surface area contributed by atoms with Crippen LogP contribution < -0.4 is 0 Å². The summed E-state index contributed by atoms with van der Waals surface area (Å²) in [7, 11) is 0. The third-order valence-corrected chi connectivity index (χ3v) is 4.28. The highest BCUT2D eigenvalue weighted by molar-refractivity contribution is 6.34. The predicted molar refractivity (Wildman–Crippen MR) is 95.6 cm³/mol. The molecule has 1 nitrogen and oxygen atoms in total. The highest BCUT2D eigenvalue weighted by Gasteiger charge is 2.24. The van der Waals surface area contributed by atoms with E-state index in [0.29, 0.717) is 5.15 Å². The van der Waals surface area contributed by atoms with Gasteiger partial charge in [-0.25, -0.2) is 4.98 Å². The fourth-order valence-electron chi connectivity index (χ4n) is 2.89. The van der Waals surface area contributed by atoms with Crippen molar-refractivity contribution in [3.8, 4) is 11.1 Å². The summed E-state index contributed by atoms with van der Waals surface area (Å²) in [6, 6.07) is 16.7. The number of aromatic nitrogens is 1. The maximum absolute atomic E-state index is 6.46. The molecule has 0 N–H and O–H groups in total. The Bertz CT molecular complexity index is 844. The molecule has 0 saturated heterocycles. The molecule has 1 aromatic heterocycles. The van der Waals surface area contributed by atoms with Crippen LogP contribution in [0.5, 0.6) is 0 Å². The smallest absolute Gasteiger partial charge is 0.137 e. The molecule has 0 unspecified atom stereocenters. The highest BCUT2D eigenvalue weighted by Crippen LogP contribution is 2.40. The van der Waals surface area contributed by atoms with Gasteiger partial charge in [0, 0.05) is 16.4 Å². The van der Waals surface area contributed by atoms with Crippen LogP contribution in [0.4, 0.5) is 0 Å². The Morgan fingerprint density at radius 3 is 2.09 bits per heavy atom. The standard InChI is InChI=1S/C20H20ClN/c1-13-9-5-6-10-14(13)17-15-11-7-8-12-16(15)19(21)22-18(17)20(2,3)4/h5-12H,1-4H3. The number of benzene rings is 2. The summed E-state index contributed by atoms with van der Waals surface area (Å²) >= 11 is 6.46. The Balaban J connectivity index is 2.50. The zero-order valence-corrected chi connectivity index (χ0v) is 14.2. The van der Waals surface area contributed by atoms with Gasteiger partial charge in [0.15, 0.2) is 0 Å². The first-order chi connectivity index (χ1) is 10.4. The van der Waals surface area contributed by atoms with Crippen molar-refractivity contribution in [1.82, 2.24) is 4.98 Å². The van der Waals surface area contributed by atoms with Gasteiger partial charge < -0.3 is 0 Å². The van der Waals surface area contributed by atoms with E-state index in [4.69, 9.17) is 16.6 Å². The Hall–Kier alpha value is -1.86. The van der Waals surface area contributed by atoms with Gasteiger partial charge in [-0.1, -0.05) is 80.9 Å². The van der Waals surface area contributed by atoms with Crippen LogP contribution in [-0.2, 0) is 5.41 Å². The summed E-state index contributed by atoms with van der Waals surface area (Å²) < 4.78 is 0. The van der Waals surface area contributed by atoms with Gasteiger partial charge in [0.1, 0.15) is 5.15 Å². The molecule has 0 fully saturated rings. The molecule has 1 heterocycles. The van der Waals surface area contributed by atoms with Crippen molar-refractivity contribution in [2.75, 3.05) is 0 Å². The fourth-order valence-corrected chi connectivity index (χ4v) is 3.14. The van der Waals surface area contributed by atoms with Crippen molar-refractivity contribution >= 4 is 22.4 Å². The molecule has 3 aromatic rings. The van der Waals surface area contributed by atoms with Crippen LogP contribution >= 0.6 is 11.6 Å². The van der Waals surface area contributed by atoms with Crippen LogP contribution in [0.3, 0.4) is 0 Å². The van der Waals surface area contributed by atoms with E-state index < -0.39 is 0 Å². The molecular weight excluding hydrogens is 290 g/mol. The van der Waals surface area contributed by atoms with Crippen molar-refractivity contribution in [2.45, 2.75) is 33.1 Å². The molecule has 0 radical (unpaired) electrons. The Morgan fingerprint density at radius 1 is 0.864 bits per heavy atom. The van der Waals surface area contributed by atoms with Gasteiger partial charge in [0.25, 0.3) is 0 Å². The molecular formula is C20H20ClN. The molecule has 0 spiro atoms. The summed E-state index contributed by atoms with van der Waals surface area (Å²) in [6.07, 6.45) is 0. The van der Waals surface area contributed by atoms with Gasteiger partial charge in [0.2, 0.25) is 0 Å². The van der Waals surface area contributed by atoms with Crippen molar-refractivity contribution < 1.29 is 0 Å². The number of fused-ring (bicyclic) bond motifs is 1. The van der Waals surface area contributed by atoms with Crippen LogP contribution in [0.15, 0.2) is 48.5 Å². The molecule has 2 heteroatoms. The molecule has 22 heavy (non-hydrogen) atoms. The lowest BCUT2D eigenvalue weighted by Gasteiger charge is -2.24. The topological polar surface area (TPSA) is 12.9 Å². The third-order valence-electron chi connectivity index (χ3n) is 3.99. The SMILES string of the molecule is Cc1ccccc1-c1c(C(C)(C)C)nc(Cl)c2ccccc12. The maximum atomic E-state index is 6.46. The second kappa shape index (κ2) is 5.40. The zero-order chi connectivity index (χ0) is 15.9. The highest BCUT2D eigenvalue weighted by atomic mass is 35.5. The first-order valence-electron chi connectivity index (χ1n) is 7.54. The number of hydrogen-bond acceptors (Lipinski definition) is 1. The van der Waals surface area contributed by atoms with E-state index in [2.05, 4.69) is 64.1 Å². The maximum Gasteiger partial charge on any atom is 0.137 e. The van der Waals surface area contributed by atoms with Gasteiger partial charge in [-0.3, -0.25) is 0 Å². The monoisotopic (exact) mass is 309 g/mol. The van der Waals surface area contributed by atoms with E-state index in [-0.39, 0.29) is 5.41 Å². The Morgan fingerprint density at radius 2 is 1.45 bits per heavy atom. The van der Waals surface area contributed by atoms with Gasteiger partial charge >= 0.3 is 0 Å². The van der Waals surface area contributed by atoms with E-state index in [1.807, 2.05) is 12.1 Å². The van der Waals surface area contributed by atoms with Gasteiger partial charge in [-0.15, -0.1) is 0 Å². The van der Waals surface area contributed by atoms with E-state index in [9.17, 15) is 0 Å². The number of aryl methyl sites for hydroxylation is 1. The van der Waals surface area contributed by atoms with Crippen molar-refractivity contribution in [3.05, 3.63) is 64.9 Å². The first kappa shape index (κ1) is 15.1. The average molecular weight is 310 g/mol. The number of halogens is 1. The van der Waals surface area contributed by atoms with Crippen molar-refractivity contribution in [3.63, 3.8) is 0 Å². The van der Waals surface area contributed by atoms with Crippen LogP contribution in [0.1, 0.15) is 32.0 Å². The number of pyridine rings is 1. The van der Waals surface area contributed by atoms with Crippen LogP contribution in [0.2, 0.25) is 5.15 Å². The normalized spacial score (nSPS) is 11.9. The first-order valence-corrected chi connectivity index (χ1v) is 7.92. The zero-order valence-electron chi connectivity index (χ0n) is 13.4. The predicted octanol–water partition coefficient (Wildman–Crippen LogP) is 6.16. The molecule has 0 aliphatic heterocycles. The van der Waals surface area contributed by atoms with Crippen molar-refractivity contribution in [1.29, 1.82) is 0 Å². The Kier molecular flexibility index (Phi) is 3.70. The summed E-state index contributed by atoms with van der Waals surface area (Å²) in [5.41, 5.74) is 4.65. The fraction of sp³-hybridized carbons (Fsp3) is 0.250. The molecule has 0 amide bonds. The summed E-state index contributed by atoms with van der Waals surface area (Å²) in [4.78, 5) is 4.76. The molecule has 0 aliphatic rings. The van der Waals surface area contributed by atoms with E-state index >= 15 is 0 Å².